The molecule has 3 aromatic heterocycles. The van der Waals surface area contributed by atoms with Gasteiger partial charge in [-0.05, 0) is 35.7 Å². The molecule has 0 unspecified atom stereocenters. The van der Waals surface area contributed by atoms with Gasteiger partial charge in [0.1, 0.15) is 5.75 Å². The van der Waals surface area contributed by atoms with Crippen LogP contribution in [0.1, 0.15) is 11.3 Å². The van der Waals surface area contributed by atoms with Gasteiger partial charge in [-0.3, -0.25) is 4.57 Å². The molecule has 0 aliphatic carbocycles. The van der Waals surface area contributed by atoms with Crippen molar-refractivity contribution in [2.75, 3.05) is 19.0 Å². The highest BCUT2D eigenvalue weighted by Gasteiger charge is 2.36. The van der Waals surface area contributed by atoms with Gasteiger partial charge < -0.3 is 20.8 Å². The minimum atomic E-state index is -4.59. The summed E-state index contributed by atoms with van der Waals surface area (Å²) >= 11 is 1.43. The van der Waals surface area contributed by atoms with Gasteiger partial charge in [0.25, 0.3) is 0 Å². The summed E-state index contributed by atoms with van der Waals surface area (Å²) < 4.78 is 45.3. The van der Waals surface area contributed by atoms with E-state index in [0.717, 1.165) is 27.7 Å². The maximum absolute atomic E-state index is 13.0. The number of nitrogens with two attached hydrogens (primary N) is 1. The number of ether oxygens (including phenoxy) is 1. The summed E-state index contributed by atoms with van der Waals surface area (Å²) in [6, 6.07) is 6.60. The third-order valence-electron chi connectivity index (χ3n) is 5.11. The molecule has 0 spiro atoms. The number of imidazole rings is 1. The molecule has 4 aromatic rings. The third-order valence-corrected chi connectivity index (χ3v) is 6.11. The Balaban J connectivity index is 1.40. The Kier molecular flexibility index (Phi) is 6.13. The number of thiazole rings is 1. The molecule has 1 atom stereocenters. The number of nitrogens with one attached hydrogen (secondary N) is 2. The van der Waals surface area contributed by atoms with Crippen LogP contribution in [0.5, 0.6) is 5.75 Å². The Morgan fingerprint density at radius 1 is 1.27 bits per heavy atom. The fraction of sp³-hybridized carbons (Fsp3) is 0.286. The van der Waals surface area contributed by atoms with Crippen LogP contribution in [-0.4, -0.2) is 39.2 Å². The van der Waals surface area contributed by atoms with Crippen molar-refractivity contribution in [3.8, 4) is 16.2 Å². The maximum Gasteiger partial charge on any atom is 0.437 e. The number of halogens is 3. The van der Waals surface area contributed by atoms with E-state index in [2.05, 4.69) is 20.3 Å². The normalized spacial score (nSPS) is 12.8. The van der Waals surface area contributed by atoms with Crippen LogP contribution in [0.3, 0.4) is 0 Å². The molecule has 8 nitrogen and oxygen atoms in total. The first-order valence-electron chi connectivity index (χ1n) is 9.90. The lowest BCUT2D eigenvalue weighted by atomic mass is 10.1. The second kappa shape index (κ2) is 8.87. The lowest BCUT2D eigenvalue weighted by molar-refractivity contribution is -0.142. The number of H-pyrrole nitrogens is 1. The van der Waals surface area contributed by atoms with Crippen molar-refractivity contribution < 1.29 is 17.9 Å². The topological polar surface area (TPSA) is 111 Å². The van der Waals surface area contributed by atoms with E-state index in [1.54, 1.807) is 17.8 Å². The second-order valence-corrected chi connectivity index (χ2v) is 8.52. The van der Waals surface area contributed by atoms with E-state index in [1.807, 2.05) is 18.2 Å². The van der Waals surface area contributed by atoms with Crippen LogP contribution in [0.15, 0.2) is 41.5 Å². The summed E-state index contributed by atoms with van der Waals surface area (Å²) in [7, 11) is 2.87. The zero-order valence-corrected chi connectivity index (χ0v) is 18.5. The minimum absolute atomic E-state index is 0.177. The lowest BCUT2D eigenvalue weighted by Crippen LogP contribution is -2.31. The highest BCUT2D eigenvalue weighted by Crippen LogP contribution is 2.35. The Bertz CT molecular complexity index is 1340. The molecular formula is C21H21F3N6O2S. The number of aryl methyl sites for hydroxylation is 1. The van der Waals surface area contributed by atoms with Gasteiger partial charge in [-0.2, -0.15) is 13.2 Å². The highest BCUT2D eigenvalue weighted by molar-refractivity contribution is 7.18. The predicted octanol–water partition coefficient (Wildman–Crippen LogP) is 3.39. The number of aromatic nitrogens is 4. The quantitative estimate of drug-likeness (QED) is 0.376. The molecule has 0 amide bonds. The molecule has 3 heterocycles. The molecule has 0 aliphatic rings. The van der Waals surface area contributed by atoms with Crippen molar-refractivity contribution >= 4 is 27.5 Å². The Morgan fingerprint density at radius 2 is 2.06 bits per heavy atom. The fourth-order valence-corrected chi connectivity index (χ4v) is 4.24. The first-order valence-corrected chi connectivity index (χ1v) is 10.7. The summed E-state index contributed by atoms with van der Waals surface area (Å²) in [4.78, 5) is 23.3. The van der Waals surface area contributed by atoms with Gasteiger partial charge in [0.05, 0.1) is 23.0 Å². The van der Waals surface area contributed by atoms with E-state index in [0.29, 0.717) is 23.7 Å². The van der Waals surface area contributed by atoms with E-state index < -0.39 is 11.9 Å². The van der Waals surface area contributed by atoms with Crippen molar-refractivity contribution in [2.45, 2.75) is 18.6 Å². The van der Waals surface area contributed by atoms with Gasteiger partial charge in [0, 0.05) is 32.0 Å². The van der Waals surface area contributed by atoms with Crippen LogP contribution < -0.4 is 21.5 Å². The first kappa shape index (κ1) is 22.8. The smallest absolute Gasteiger partial charge is 0.437 e. The van der Waals surface area contributed by atoms with E-state index >= 15 is 0 Å². The molecule has 4 rings (SSSR count). The number of aromatic amines is 1. The number of benzene rings is 1. The van der Waals surface area contributed by atoms with Crippen molar-refractivity contribution in [1.82, 2.24) is 19.5 Å². The van der Waals surface area contributed by atoms with Crippen LogP contribution in [-0.2, 0) is 19.6 Å². The van der Waals surface area contributed by atoms with E-state index in [1.165, 1.54) is 24.5 Å². The number of anilines is 1. The monoisotopic (exact) mass is 478 g/mol. The van der Waals surface area contributed by atoms with Crippen molar-refractivity contribution in [1.29, 1.82) is 0 Å². The number of hydrogen-bond acceptors (Lipinski definition) is 7. The van der Waals surface area contributed by atoms with Gasteiger partial charge >= 0.3 is 11.9 Å². The molecule has 0 aliphatic heterocycles. The lowest BCUT2D eigenvalue weighted by Gasteiger charge is -2.15. The summed E-state index contributed by atoms with van der Waals surface area (Å²) in [5.41, 5.74) is 7.94. The average Bonchev–Trinajstić information content (AvgIpc) is 3.36. The summed E-state index contributed by atoms with van der Waals surface area (Å²) in [6.45, 7) is 0.363. The van der Waals surface area contributed by atoms with Crippen molar-refractivity contribution in [2.24, 2.45) is 12.8 Å². The van der Waals surface area contributed by atoms with Crippen LogP contribution in [0.25, 0.3) is 21.5 Å². The highest BCUT2D eigenvalue weighted by atomic mass is 32.1. The molecular weight excluding hydrogens is 457 g/mol. The largest absolute Gasteiger partial charge is 0.494 e. The third kappa shape index (κ3) is 4.86. The standard InChI is InChI=1S/C21H21F3N6O2S/c1-30-15-7-12(3-4-14(15)29-20(30)31)17-10-28-19(33-17)27-9-13(25)5-11-6-16(32-2)18(26-8-11)21(22,23)24/h3-4,6-8,10,13H,5,9,25H2,1-2H3,(H,27,28)(H,29,31)/t13-/m1/s1. The maximum atomic E-state index is 13.0. The van der Waals surface area contributed by atoms with Gasteiger partial charge in [-0.25, -0.2) is 14.8 Å². The zero-order chi connectivity index (χ0) is 23.8. The Morgan fingerprint density at radius 3 is 2.79 bits per heavy atom. The number of nitrogens with zero attached hydrogens (tertiary/aromatic N) is 3. The van der Waals surface area contributed by atoms with Gasteiger partial charge in [0.15, 0.2) is 10.8 Å². The predicted molar refractivity (Wildman–Crippen MR) is 121 cm³/mol. The summed E-state index contributed by atoms with van der Waals surface area (Å²) in [6.07, 6.45) is -1.38. The fourth-order valence-electron chi connectivity index (χ4n) is 3.42. The number of pyridine rings is 1. The van der Waals surface area contributed by atoms with Gasteiger partial charge in [-0.15, -0.1) is 0 Å². The van der Waals surface area contributed by atoms with E-state index in [9.17, 15) is 18.0 Å². The molecule has 33 heavy (non-hydrogen) atoms. The number of alkyl halides is 3. The number of hydrogen-bond donors (Lipinski definition) is 3. The van der Waals surface area contributed by atoms with Crippen LogP contribution in [0.4, 0.5) is 18.3 Å². The Labute approximate surface area is 190 Å². The zero-order valence-electron chi connectivity index (χ0n) is 17.7. The molecule has 0 saturated carbocycles. The molecule has 174 valence electrons. The van der Waals surface area contributed by atoms with Crippen LogP contribution >= 0.6 is 11.3 Å². The van der Waals surface area contributed by atoms with Crippen LogP contribution in [0.2, 0.25) is 0 Å². The molecule has 0 radical (unpaired) electrons. The number of rotatable bonds is 7. The van der Waals surface area contributed by atoms with E-state index in [4.69, 9.17) is 10.5 Å². The molecule has 12 heteroatoms. The number of methoxy groups -OCH3 is 1. The Hall–Kier alpha value is -3.38. The molecule has 0 saturated heterocycles. The second-order valence-electron chi connectivity index (χ2n) is 7.49. The average molecular weight is 479 g/mol. The van der Waals surface area contributed by atoms with Crippen molar-refractivity contribution in [3.05, 3.63) is 58.4 Å². The molecule has 0 bridgehead atoms. The first-order chi connectivity index (χ1) is 15.7. The van der Waals surface area contributed by atoms with Gasteiger partial charge in [-0.1, -0.05) is 17.4 Å². The molecule has 0 fully saturated rings. The van der Waals surface area contributed by atoms with Crippen LogP contribution in [0, 0.1) is 0 Å². The number of fused-ring (bicyclic) bond motifs is 1. The summed E-state index contributed by atoms with van der Waals surface area (Å²) in [5, 5.41) is 3.82. The molecule has 4 N–H and O–H groups in total. The minimum Gasteiger partial charge on any atom is -0.494 e. The SMILES string of the molecule is COc1cc(C[C@@H](N)CNc2ncc(-c3ccc4[nH]c(=O)n(C)c4c3)s2)cnc1C(F)(F)F. The molecule has 1 aromatic carbocycles. The van der Waals surface area contributed by atoms with Gasteiger partial charge in [0.2, 0.25) is 0 Å². The summed E-state index contributed by atoms with van der Waals surface area (Å²) in [5.74, 6) is -0.332. The van der Waals surface area contributed by atoms with E-state index in [-0.39, 0.29) is 17.5 Å². The van der Waals surface area contributed by atoms with Crippen molar-refractivity contribution in [3.63, 3.8) is 0 Å².